The van der Waals surface area contributed by atoms with Gasteiger partial charge in [0.2, 0.25) is 23.6 Å². The fourth-order valence-corrected chi connectivity index (χ4v) is 4.65. The molecule has 10 N–H and O–H groups in total. The molecule has 0 aliphatic carbocycles. The minimum absolute atomic E-state index is 0.00705. The molecule has 0 aliphatic rings. The Hall–Kier alpha value is -4.91. The molecule has 0 spiro atoms. The molecule has 0 radical (unpaired) electrons. The van der Waals surface area contributed by atoms with Crippen LogP contribution in [0.4, 0.5) is 0 Å². The molecule has 13 heteroatoms. The molecule has 230 valence electrons. The van der Waals surface area contributed by atoms with Gasteiger partial charge in [0.25, 0.3) is 0 Å². The first kappa shape index (κ1) is 32.6. The number of aromatic nitrogens is 1. The van der Waals surface area contributed by atoms with Crippen molar-refractivity contribution in [2.24, 2.45) is 17.4 Å². The highest BCUT2D eigenvalue weighted by molar-refractivity contribution is 5.95. The minimum atomic E-state index is -1.62. The number of carbonyl (C=O) groups excluding carboxylic acids is 4. The molecule has 3 rings (SSSR count). The highest BCUT2D eigenvalue weighted by Crippen LogP contribution is 2.20. The Bertz CT molecular complexity index is 1450. The summed E-state index contributed by atoms with van der Waals surface area (Å²) in [6, 6.07) is 8.39. The van der Waals surface area contributed by atoms with Crippen molar-refractivity contribution in [2.75, 3.05) is 0 Å². The Labute approximate surface area is 248 Å². The standard InChI is InChI=1S/C30H38N6O7/c1-16(2)11-21(31)27(39)34-23(12-17-7-9-19(37)10-8-17)28(40)35-24(29(41)36-25(30(42)43)14-26(32)38)13-18-15-33-22-6-4-3-5-20(18)22/h3-10,15-16,21,23-25,33,37H,11-14,31H2,1-2H3,(H2,32,38)(H,34,39)(H,35,40)(H,36,41)(H,42,43). The van der Waals surface area contributed by atoms with E-state index >= 15 is 0 Å². The summed E-state index contributed by atoms with van der Waals surface area (Å²) in [5.41, 5.74) is 13.3. The molecule has 0 bridgehead atoms. The Morgan fingerprint density at radius 3 is 2.02 bits per heavy atom. The first-order valence-electron chi connectivity index (χ1n) is 13.8. The molecule has 43 heavy (non-hydrogen) atoms. The van der Waals surface area contributed by atoms with E-state index in [1.165, 1.54) is 12.1 Å². The lowest BCUT2D eigenvalue weighted by molar-refractivity contribution is -0.143. The molecule has 0 aliphatic heterocycles. The zero-order valence-electron chi connectivity index (χ0n) is 24.0. The van der Waals surface area contributed by atoms with Gasteiger partial charge in [0.05, 0.1) is 12.5 Å². The van der Waals surface area contributed by atoms with Gasteiger partial charge in [-0.3, -0.25) is 19.2 Å². The van der Waals surface area contributed by atoms with E-state index in [1.807, 2.05) is 38.1 Å². The van der Waals surface area contributed by atoms with Crippen molar-refractivity contribution >= 4 is 40.5 Å². The van der Waals surface area contributed by atoms with Crippen molar-refractivity contribution in [1.29, 1.82) is 0 Å². The first-order chi connectivity index (χ1) is 20.3. The summed E-state index contributed by atoms with van der Waals surface area (Å²) >= 11 is 0. The molecule has 4 atom stereocenters. The average molecular weight is 595 g/mol. The number of hydrogen-bond acceptors (Lipinski definition) is 7. The largest absolute Gasteiger partial charge is 0.508 e. The maximum Gasteiger partial charge on any atom is 0.326 e. The molecule has 0 saturated carbocycles. The van der Waals surface area contributed by atoms with Crippen LogP contribution in [0.3, 0.4) is 0 Å². The van der Waals surface area contributed by atoms with Crippen LogP contribution < -0.4 is 27.4 Å². The minimum Gasteiger partial charge on any atom is -0.508 e. The predicted molar refractivity (Wildman–Crippen MR) is 158 cm³/mol. The van der Waals surface area contributed by atoms with Crippen molar-refractivity contribution in [1.82, 2.24) is 20.9 Å². The van der Waals surface area contributed by atoms with Crippen molar-refractivity contribution in [3.05, 3.63) is 65.9 Å². The molecule has 3 aromatic rings. The smallest absolute Gasteiger partial charge is 0.326 e. The number of nitrogens with two attached hydrogens (primary N) is 2. The topological polar surface area (TPSA) is 230 Å². The van der Waals surface area contributed by atoms with Crippen molar-refractivity contribution in [2.45, 2.75) is 63.7 Å². The number of benzene rings is 2. The second-order valence-corrected chi connectivity index (χ2v) is 10.9. The van der Waals surface area contributed by atoms with E-state index in [-0.39, 0.29) is 24.5 Å². The maximum absolute atomic E-state index is 13.7. The Kier molecular flexibility index (Phi) is 11.2. The van der Waals surface area contributed by atoms with Gasteiger partial charge in [0.1, 0.15) is 23.9 Å². The number of carbonyl (C=O) groups is 5. The van der Waals surface area contributed by atoms with Crippen LogP contribution in [0, 0.1) is 5.92 Å². The first-order valence-corrected chi connectivity index (χ1v) is 13.8. The summed E-state index contributed by atoms with van der Waals surface area (Å²) in [7, 11) is 0. The van der Waals surface area contributed by atoms with Crippen LogP contribution in [0.2, 0.25) is 0 Å². The van der Waals surface area contributed by atoms with Crippen LogP contribution in [-0.4, -0.2) is 69.0 Å². The molecule has 2 aromatic carbocycles. The fourth-order valence-electron chi connectivity index (χ4n) is 4.65. The third-order valence-corrected chi connectivity index (χ3v) is 6.82. The van der Waals surface area contributed by atoms with E-state index in [0.717, 1.165) is 10.9 Å². The summed E-state index contributed by atoms with van der Waals surface area (Å²) in [5.74, 6) is -4.40. The summed E-state index contributed by atoms with van der Waals surface area (Å²) in [6.45, 7) is 3.81. The monoisotopic (exact) mass is 594 g/mol. The van der Waals surface area contributed by atoms with Crippen LogP contribution in [0.15, 0.2) is 54.7 Å². The summed E-state index contributed by atoms with van der Waals surface area (Å²) in [5, 5.41) is 27.6. The number of aromatic hydroxyl groups is 1. The Morgan fingerprint density at radius 1 is 0.837 bits per heavy atom. The van der Waals surface area contributed by atoms with Crippen molar-refractivity contribution in [3.8, 4) is 5.75 Å². The van der Waals surface area contributed by atoms with Crippen molar-refractivity contribution in [3.63, 3.8) is 0 Å². The second-order valence-electron chi connectivity index (χ2n) is 10.9. The molecular formula is C30H38N6O7. The van der Waals surface area contributed by atoms with Gasteiger partial charge in [-0.25, -0.2) is 4.79 Å². The Morgan fingerprint density at radius 2 is 1.42 bits per heavy atom. The Balaban J connectivity index is 1.91. The van der Waals surface area contributed by atoms with Crippen molar-refractivity contribution < 1.29 is 34.2 Å². The molecule has 4 unspecified atom stereocenters. The number of para-hydroxylation sites is 1. The number of hydrogen-bond donors (Lipinski definition) is 8. The number of aromatic amines is 1. The quantitative estimate of drug-likeness (QED) is 0.123. The van der Waals surface area contributed by atoms with Gasteiger partial charge >= 0.3 is 5.97 Å². The summed E-state index contributed by atoms with van der Waals surface area (Å²) in [4.78, 5) is 66.3. The highest BCUT2D eigenvalue weighted by atomic mass is 16.4. The number of amides is 4. The molecule has 4 amide bonds. The third-order valence-electron chi connectivity index (χ3n) is 6.82. The normalized spacial score (nSPS) is 14.0. The number of carboxylic acids is 1. The van der Waals surface area contributed by atoms with Crippen LogP contribution in [0.5, 0.6) is 5.75 Å². The SMILES string of the molecule is CC(C)CC(N)C(=O)NC(Cc1ccc(O)cc1)C(=O)NC(Cc1c[nH]c2ccccc12)C(=O)NC(CC(N)=O)C(=O)O. The molecule has 1 heterocycles. The van der Waals surface area contributed by atoms with E-state index in [9.17, 15) is 34.2 Å². The van der Waals surface area contributed by atoms with Gasteiger partial charge in [-0.05, 0) is 41.7 Å². The van der Waals surface area contributed by atoms with E-state index < -0.39 is 60.2 Å². The lowest BCUT2D eigenvalue weighted by Gasteiger charge is -2.25. The highest BCUT2D eigenvalue weighted by Gasteiger charge is 2.32. The number of fused-ring (bicyclic) bond motifs is 1. The number of primary amides is 1. The fraction of sp³-hybridized carbons (Fsp3) is 0.367. The van der Waals surface area contributed by atoms with E-state index in [2.05, 4.69) is 20.9 Å². The zero-order chi connectivity index (χ0) is 31.7. The number of aliphatic carboxylic acids is 1. The number of rotatable bonds is 15. The summed E-state index contributed by atoms with van der Waals surface area (Å²) < 4.78 is 0. The second kappa shape index (κ2) is 14.8. The van der Waals surface area contributed by atoms with Crippen LogP contribution >= 0.6 is 0 Å². The molecule has 0 saturated heterocycles. The molecule has 13 nitrogen and oxygen atoms in total. The van der Waals surface area contributed by atoms with Crippen LogP contribution in [0.25, 0.3) is 10.9 Å². The lowest BCUT2D eigenvalue weighted by atomic mass is 10.00. The van der Waals surface area contributed by atoms with Gasteiger partial charge in [-0.2, -0.15) is 0 Å². The van der Waals surface area contributed by atoms with Gasteiger partial charge < -0.3 is 42.6 Å². The van der Waals surface area contributed by atoms with E-state index in [0.29, 0.717) is 17.5 Å². The third kappa shape index (κ3) is 9.57. The molecule has 0 fully saturated rings. The van der Waals surface area contributed by atoms with Gasteiger partial charge in [0, 0.05) is 29.9 Å². The summed E-state index contributed by atoms with van der Waals surface area (Å²) in [6.07, 6.45) is 1.36. The maximum atomic E-state index is 13.7. The van der Waals surface area contributed by atoms with Crippen LogP contribution in [-0.2, 0) is 36.8 Å². The number of H-pyrrole nitrogens is 1. The van der Waals surface area contributed by atoms with E-state index in [1.54, 1.807) is 18.3 Å². The van der Waals surface area contributed by atoms with Gasteiger partial charge in [-0.15, -0.1) is 0 Å². The number of carboxylic acid groups (broad SMARTS) is 1. The molecular weight excluding hydrogens is 556 g/mol. The number of phenols is 1. The predicted octanol–water partition coefficient (Wildman–Crippen LogP) is 0.447. The molecule has 1 aromatic heterocycles. The van der Waals surface area contributed by atoms with E-state index in [4.69, 9.17) is 11.5 Å². The van der Waals surface area contributed by atoms with Gasteiger partial charge in [-0.1, -0.05) is 44.2 Å². The zero-order valence-corrected chi connectivity index (χ0v) is 24.0. The lowest BCUT2D eigenvalue weighted by Crippen LogP contribution is -2.58. The van der Waals surface area contributed by atoms with Gasteiger partial charge in [0.15, 0.2) is 0 Å². The van der Waals surface area contributed by atoms with Crippen LogP contribution in [0.1, 0.15) is 37.8 Å². The number of nitrogens with one attached hydrogen (secondary N) is 4. The number of phenolic OH excluding ortho intramolecular Hbond substituents is 1. The average Bonchev–Trinajstić information content (AvgIpc) is 3.35.